The SMILES string of the molecule is CCNC(=O)NC(=O)[C@@H](C)Sc1nnc(-c2ccoc2C)n1Cc1ccccc1. The number of thioether (sulfide) groups is 1. The van der Waals surface area contributed by atoms with E-state index < -0.39 is 17.2 Å². The van der Waals surface area contributed by atoms with E-state index in [1.165, 1.54) is 11.8 Å². The predicted molar refractivity (Wildman–Crippen MR) is 111 cm³/mol. The first kappa shape index (κ1) is 20.7. The van der Waals surface area contributed by atoms with Gasteiger partial charge in [-0.1, -0.05) is 42.1 Å². The molecule has 0 spiro atoms. The van der Waals surface area contributed by atoms with E-state index in [1.54, 1.807) is 20.1 Å². The minimum atomic E-state index is -0.533. The van der Waals surface area contributed by atoms with Gasteiger partial charge in [-0.3, -0.25) is 14.7 Å². The summed E-state index contributed by atoms with van der Waals surface area (Å²) in [5, 5.41) is 13.6. The zero-order valence-corrected chi connectivity index (χ0v) is 17.3. The number of amides is 3. The molecule has 0 fully saturated rings. The van der Waals surface area contributed by atoms with Crippen LogP contribution in [0.4, 0.5) is 4.79 Å². The van der Waals surface area contributed by atoms with Crippen molar-refractivity contribution >= 4 is 23.7 Å². The Bertz CT molecular complexity index is 983. The van der Waals surface area contributed by atoms with Crippen molar-refractivity contribution in [3.63, 3.8) is 0 Å². The van der Waals surface area contributed by atoms with E-state index >= 15 is 0 Å². The Morgan fingerprint density at radius 1 is 1.21 bits per heavy atom. The van der Waals surface area contributed by atoms with Crippen LogP contribution in [0.3, 0.4) is 0 Å². The molecule has 8 nitrogen and oxygen atoms in total. The molecule has 0 unspecified atom stereocenters. The molecule has 0 radical (unpaired) electrons. The maximum absolute atomic E-state index is 12.3. The molecule has 0 aliphatic carbocycles. The smallest absolute Gasteiger partial charge is 0.321 e. The van der Waals surface area contributed by atoms with Crippen molar-refractivity contribution in [3.8, 4) is 11.4 Å². The lowest BCUT2D eigenvalue weighted by atomic mass is 10.2. The number of aryl methyl sites for hydroxylation is 1. The highest BCUT2D eigenvalue weighted by molar-refractivity contribution is 8.00. The van der Waals surface area contributed by atoms with Gasteiger partial charge in [0, 0.05) is 6.54 Å². The molecule has 29 heavy (non-hydrogen) atoms. The molecule has 2 aromatic heterocycles. The van der Waals surface area contributed by atoms with Crippen LogP contribution in [0.1, 0.15) is 25.2 Å². The van der Waals surface area contributed by atoms with Crippen molar-refractivity contribution in [2.24, 2.45) is 0 Å². The number of hydrogen-bond acceptors (Lipinski definition) is 6. The minimum Gasteiger partial charge on any atom is -0.469 e. The van der Waals surface area contributed by atoms with Gasteiger partial charge in [0.05, 0.1) is 23.6 Å². The number of nitrogens with zero attached hydrogens (tertiary/aromatic N) is 3. The average molecular weight is 414 g/mol. The Morgan fingerprint density at radius 2 is 1.97 bits per heavy atom. The molecule has 0 aliphatic heterocycles. The third-order valence-electron chi connectivity index (χ3n) is 4.23. The van der Waals surface area contributed by atoms with Gasteiger partial charge in [0.2, 0.25) is 5.91 Å². The Labute approximate surface area is 173 Å². The van der Waals surface area contributed by atoms with Crippen molar-refractivity contribution in [1.29, 1.82) is 0 Å². The molecule has 0 saturated carbocycles. The van der Waals surface area contributed by atoms with Gasteiger partial charge < -0.3 is 9.73 Å². The first-order chi connectivity index (χ1) is 14.0. The van der Waals surface area contributed by atoms with Gasteiger partial charge in [0.15, 0.2) is 11.0 Å². The molecule has 3 amide bonds. The molecule has 9 heteroatoms. The summed E-state index contributed by atoms with van der Waals surface area (Å²) in [6.07, 6.45) is 1.61. The van der Waals surface area contributed by atoms with Gasteiger partial charge in [-0.25, -0.2) is 4.79 Å². The van der Waals surface area contributed by atoms with Crippen LogP contribution in [0.25, 0.3) is 11.4 Å². The summed E-state index contributed by atoms with van der Waals surface area (Å²) in [5.41, 5.74) is 1.93. The lowest BCUT2D eigenvalue weighted by Crippen LogP contribution is -2.42. The monoisotopic (exact) mass is 413 g/mol. The van der Waals surface area contributed by atoms with E-state index in [0.29, 0.717) is 24.1 Å². The lowest BCUT2D eigenvalue weighted by Gasteiger charge is -2.13. The molecule has 1 aromatic carbocycles. The number of aromatic nitrogens is 3. The minimum absolute atomic E-state index is 0.392. The molecule has 0 aliphatic rings. The van der Waals surface area contributed by atoms with Gasteiger partial charge in [0.1, 0.15) is 5.76 Å². The van der Waals surface area contributed by atoms with Crippen LogP contribution >= 0.6 is 11.8 Å². The summed E-state index contributed by atoms with van der Waals surface area (Å²) in [6, 6.07) is 11.3. The largest absolute Gasteiger partial charge is 0.469 e. The van der Waals surface area contributed by atoms with Gasteiger partial charge >= 0.3 is 6.03 Å². The molecule has 0 saturated heterocycles. The maximum Gasteiger partial charge on any atom is 0.321 e. The van der Waals surface area contributed by atoms with Gasteiger partial charge in [0.25, 0.3) is 0 Å². The first-order valence-electron chi connectivity index (χ1n) is 9.26. The summed E-state index contributed by atoms with van der Waals surface area (Å²) in [6.45, 7) is 6.36. The number of nitrogens with one attached hydrogen (secondary N) is 2. The van der Waals surface area contributed by atoms with Crippen LogP contribution < -0.4 is 10.6 Å². The zero-order valence-electron chi connectivity index (χ0n) is 16.5. The molecule has 3 rings (SSSR count). The fourth-order valence-electron chi connectivity index (χ4n) is 2.73. The molecule has 152 valence electrons. The van der Waals surface area contributed by atoms with E-state index in [0.717, 1.165) is 16.9 Å². The predicted octanol–water partition coefficient (Wildman–Crippen LogP) is 3.22. The lowest BCUT2D eigenvalue weighted by molar-refractivity contribution is -0.119. The Kier molecular flexibility index (Phi) is 6.71. The number of benzene rings is 1. The van der Waals surface area contributed by atoms with Crippen molar-refractivity contribution in [2.75, 3.05) is 6.54 Å². The van der Waals surface area contributed by atoms with E-state index in [9.17, 15) is 9.59 Å². The topological polar surface area (TPSA) is 102 Å². The Morgan fingerprint density at radius 3 is 2.62 bits per heavy atom. The number of carbonyl (C=O) groups excluding carboxylic acids is 2. The molecule has 1 atom stereocenters. The van der Waals surface area contributed by atoms with Crippen LogP contribution in [-0.4, -0.2) is 38.5 Å². The summed E-state index contributed by atoms with van der Waals surface area (Å²) in [5.74, 6) is 1.01. The summed E-state index contributed by atoms with van der Waals surface area (Å²) in [7, 11) is 0. The highest BCUT2D eigenvalue weighted by Gasteiger charge is 2.23. The molecule has 2 heterocycles. The molecule has 3 aromatic rings. The normalized spacial score (nSPS) is 11.8. The fourth-order valence-corrected chi connectivity index (χ4v) is 3.58. The van der Waals surface area contributed by atoms with E-state index in [-0.39, 0.29) is 0 Å². The number of rotatable bonds is 7. The number of furan rings is 1. The Balaban J connectivity index is 1.86. The summed E-state index contributed by atoms with van der Waals surface area (Å²) < 4.78 is 7.38. The van der Waals surface area contributed by atoms with E-state index in [4.69, 9.17) is 4.42 Å². The van der Waals surface area contributed by atoms with Gasteiger partial charge in [-0.15, -0.1) is 10.2 Å². The van der Waals surface area contributed by atoms with Crippen molar-refractivity contribution in [2.45, 2.75) is 37.7 Å². The van der Waals surface area contributed by atoms with Crippen molar-refractivity contribution in [1.82, 2.24) is 25.4 Å². The highest BCUT2D eigenvalue weighted by atomic mass is 32.2. The number of imide groups is 1. The second-order valence-electron chi connectivity index (χ2n) is 6.38. The number of urea groups is 1. The zero-order chi connectivity index (χ0) is 20.8. The van der Waals surface area contributed by atoms with E-state index in [1.807, 2.05) is 47.9 Å². The Hall–Kier alpha value is -3.07. The molecular formula is C20H23N5O3S. The fraction of sp³-hybridized carbons (Fsp3) is 0.300. The quantitative estimate of drug-likeness (QED) is 0.577. The van der Waals surface area contributed by atoms with E-state index in [2.05, 4.69) is 20.8 Å². The van der Waals surface area contributed by atoms with Gasteiger partial charge in [-0.05, 0) is 32.4 Å². The third kappa shape index (κ3) is 5.05. The van der Waals surface area contributed by atoms with Crippen LogP contribution in [0, 0.1) is 6.92 Å². The second kappa shape index (κ2) is 9.42. The average Bonchev–Trinajstić information content (AvgIpc) is 3.28. The van der Waals surface area contributed by atoms with Crippen LogP contribution in [-0.2, 0) is 11.3 Å². The van der Waals surface area contributed by atoms with Crippen LogP contribution in [0.15, 0.2) is 52.2 Å². The highest BCUT2D eigenvalue weighted by Crippen LogP contribution is 2.29. The third-order valence-corrected chi connectivity index (χ3v) is 5.31. The molecular weight excluding hydrogens is 390 g/mol. The van der Waals surface area contributed by atoms with Crippen molar-refractivity contribution in [3.05, 3.63) is 54.0 Å². The number of carbonyl (C=O) groups is 2. The second-order valence-corrected chi connectivity index (χ2v) is 7.69. The summed E-state index contributed by atoms with van der Waals surface area (Å²) in [4.78, 5) is 23.9. The summed E-state index contributed by atoms with van der Waals surface area (Å²) >= 11 is 1.25. The van der Waals surface area contributed by atoms with Crippen molar-refractivity contribution < 1.29 is 14.0 Å². The van der Waals surface area contributed by atoms with Crippen LogP contribution in [0.5, 0.6) is 0 Å². The number of hydrogen-bond donors (Lipinski definition) is 2. The maximum atomic E-state index is 12.3. The molecule has 2 N–H and O–H groups in total. The standard InChI is InChI=1S/C20H23N5O3S/c1-4-21-19(27)22-18(26)14(3)29-20-24-23-17(16-10-11-28-13(16)2)25(20)12-15-8-6-5-7-9-15/h5-11,14H,4,12H2,1-3H3,(H2,21,22,26,27)/t14-/m1/s1. The van der Waals surface area contributed by atoms with Crippen LogP contribution in [0.2, 0.25) is 0 Å². The first-order valence-corrected chi connectivity index (χ1v) is 10.1. The van der Waals surface area contributed by atoms with Gasteiger partial charge in [-0.2, -0.15) is 0 Å². The molecule has 0 bridgehead atoms.